The fourth-order valence-electron chi connectivity index (χ4n) is 4.11. The van der Waals surface area contributed by atoms with Crippen LogP contribution in [0, 0.1) is 0 Å². The number of aromatic nitrogens is 1. The van der Waals surface area contributed by atoms with Crippen LogP contribution in [0.25, 0.3) is 0 Å². The summed E-state index contributed by atoms with van der Waals surface area (Å²) in [5.74, 6) is -0.781. The molecule has 2 aliphatic heterocycles. The van der Waals surface area contributed by atoms with Crippen molar-refractivity contribution in [2.24, 2.45) is 4.99 Å². The Morgan fingerprint density at radius 3 is 2.71 bits per heavy atom. The fraction of sp³-hybridized carbons (Fsp3) is 0.130. The monoisotopic (exact) mass is 412 g/mol. The number of nitrogens with two attached hydrogens (primary N) is 2. The molecule has 0 radical (unpaired) electrons. The van der Waals surface area contributed by atoms with E-state index in [4.69, 9.17) is 16.5 Å². The third-order valence-electron chi connectivity index (χ3n) is 5.51. The number of carbonyl (C=O) groups excluding carboxylic acids is 2. The van der Waals surface area contributed by atoms with Crippen molar-refractivity contribution >= 4 is 34.6 Å². The Morgan fingerprint density at radius 1 is 1.13 bits per heavy atom. The highest BCUT2D eigenvalue weighted by Gasteiger charge is 2.37. The minimum absolute atomic E-state index is 0.229. The lowest BCUT2D eigenvalue weighted by Gasteiger charge is -2.21. The molecule has 0 unspecified atom stereocenters. The van der Waals surface area contributed by atoms with Crippen LogP contribution in [0.4, 0.5) is 17.1 Å². The second kappa shape index (κ2) is 7.24. The normalized spacial score (nSPS) is 17.0. The summed E-state index contributed by atoms with van der Waals surface area (Å²) >= 11 is 0. The van der Waals surface area contributed by atoms with Gasteiger partial charge in [-0.05, 0) is 30.2 Å². The quantitative estimate of drug-likeness (QED) is 0.565. The Balaban J connectivity index is 1.64. The van der Waals surface area contributed by atoms with Crippen molar-refractivity contribution in [1.29, 1.82) is 0 Å². The Morgan fingerprint density at radius 2 is 1.94 bits per heavy atom. The van der Waals surface area contributed by atoms with E-state index < -0.39 is 12.1 Å². The van der Waals surface area contributed by atoms with Crippen LogP contribution in [-0.4, -0.2) is 35.2 Å². The molecular formula is C23H20N6O2. The van der Waals surface area contributed by atoms with Crippen molar-refractivity contribution in [2.45, 2.75) is 12.6 Å². The number of nitrogen functional groups attached to an aromatic ring is 2. The summed E-state index contributed by atoms with van der Waals surface area (Å²) in [6.45, 7) is 0.506. The van der Waals surface area contributed by atoms with Gasteiger partial charge in [-0.25, -0.2) is 4.99 Å². The first-order valence-electron chi connectivity index (χ1n) is 9.90. The van der Waals surface area contributed by atoms with E-state index in [0.29, 0.717) is 24.4 Å². The summed E-state index contributed by atoms with van der Waals surface area (Å²) in [4.78, 5) is 36.6. The molecule has 0 fully saturated rings. The van der Waals surface area contributed by atoms with Gasteiger partial charge in [-0.15, -0.1) is 0 Å². The topological polar surface area (TPSA) is 127 Å². The maximum absolute atomic E-state index is 13.4. The zero-order valence-corrected chi connectivity index (χ0v) is 16.6. The summed E-state index contributed by atoms with van der Waals surface area (Å²) in [6.07, 6.45) is 2.46. The molecule has 8 nitrogen and oxygen atoms in total. The van der Waals surface area contributed by atoms with Gasteiger partial charge >= 0.3 is 0 Å². The molecule has 8 heteroatoms. The number of pyridine rings is 1. The average molecular weight is 412 g/mol. The van der Waals surface area contributed by atoms with Crippen LogP contribution in [0.3, 0.4) is 0 Å². The number of nitrogens with one attached hydrogen (secondary N) is 1. The summed E-state index contributed by atoms with van der Waals surface area (Å²) in [6, 6.07) is 14.8. The molecular weight excluding hydrogens is 392 g/mol. The smallest absolute Gasteiger partial charge is 0.272 e. The first-order chi connectivity index (χ1) is 15.0. The molecule has 0 aliphatic carbocycles. The molecule has 0 saturated heterocycles. The number of carbonyl (C=O) groups is 2. The first kappa shape index (κ1) is 18.8. The molecule has 1 aromatic heterocycles. The van der Waals surface area contributed by atoms with Gasteiger partial charge in [0.2, 0.25) is 6.17 Å². The van der Waals surface area contributed by atoms with Gasteiger partial charge in [0.15, 0.2) is 0 Å². The van der Waals surface area contributed by atoms with Crippen molar-refractivity contribution in [2.75, 3.05) is 22.9 Å². The van der Waals surface area contributed by atoms with Gasteiger partial charge in [0.1, 0.15) is 0 Å². The lowest BCUT2D eigenvalue weighted by Crippen LogP contribution is -2.47. The van der Waals surface area contributed by atoms with E-state index in [0.717, 1.165) is 22.4 Å². The number of rotatable bonds is 3. The molecule has 0 spiro atoms. The summed E-state index contributed by atoms with van der Waals surface area (Å²) < 4.78 is 0. The predicted octanol–water partition coefficient (Wildman–Crippen LogP) is 1.74. The van der Waals surface area contributed by atoms with Crippen LogP contribution in [-0.2, 0) is 11.2 Å². The number of hydrogen-bond acceptors (Lipinski definition) is 6. The lowest BCUT2D eigenvalue weighted by molar-refractivity contribution is -0.120. The van der Waals surface area contributed by atoms with E-state index in [2.05, 4.69) is 10.3 Å². The molecule has 0 bridgehead atoms. The molecule has 3 aromatic rings. The number of aliphatic imine (C=N–C) groups is 1. The Hall–Kier alpha value is -4.20. The number of benzene rings is 2. The number of hydrogen-bond donors (Lipinski definition) is 3. The SMILES string of the molecule is Nc1cc2c3c(c1)C(c1ccccc1)=N[C@@H](NC(=O)c1ccncc1N)C(=O)N3CC2. The average Bonchev–Trinajstić information content (AvgIpc) is 3.15. The Bertz CT molecular complexity index is 1240. The minimum atomic E-state index is -1.10. The molecule has 2 aliphatic rings. The van der Waals surface area contributed by atoms with Gasteiger partial charge in [-0.2, -0.15) is 0 Å². The van der Waals surface area contributed by atoms with Crippen LogP contribution < -0.4 is 21.7 Å². The van der Waals surface area contributed by atoms with Gasteiger partial charge in [0.05, 0.1) is 28.8 Å². The van der Waals surface area contributed by atoms with Crippen LogP contribution in [0.2, 0.25) is 0 Å². The number of anilines is 3. The molecule has 2 amide bonds. The highest BCUT2D eigenvalue weighted by atomic mass is 16.2. The minimum Gasteiger partial charge on any atom is -0.399 e. The molecule has 0 saturated carbocycles. The van der Waals surface area contributed by atoms with Crippen molar-refractivity contribution in [3.8, 4) is 0 Å². The summed E-state index contributed by atoms with van der Waals surface area (Å²) in [7, 11) is 0. The molecule has 5 N–H and O–H groups in total. The molecule has 2 aromatic carbocycles. The lowest BCUT2D eigenvalue weighted by atomic mass is 9.97. The van der Waals surface area contributed by atoms with E-state index in [-0.39, 0.29) is 17.2 Å². The third kappa shape index (κ3) is 3.18. The molecule has 3 heterocycles. The summed E-state index contributed by atoms with van der Waals surface area (Å²) in [5, 5.41) is 2.75. The van der Waals surface area contributed by atoms with Crippen LogP contribution in [0.5, 0.6) is 0 Å². The maximum Gasteiger partial charge on any atom is 0.272 e. The highest BCUT2D eigenvalue weighted by Crippen LogP contribution is 2.38. The van der Waals surface area contributed by atoms with Crippen LogP contribution >= 0.6 is 0 Å². The second-order valence-corrected chi connectivity index (χ2v) is 7.50. The van der Waals surface area contributed by atoms with Gasteiger partial charge < -0.3 is 21.7 Å². The molecule has 154 valence electrons. The molecule has 1 atom stereocenters. The standard InChI is InChI=1S/C23H20N6O2/c24-15-10-14-7-9-29-20(14)17(11-15)19(13-4-2-1-3-5-13)27-21(23(29)31)28-22(30)16-6-8-26-12-18(16)25/h1-6,8,10-12,21H,7,9,24-25H2,(H,28,30)/t21-/m0/s1. The van der Waals surface area contributed by atoms with E-state index in [1.807, 2.05) is 42.5 Å². The van der Waals surface area contributed by atoms with Crippen molar-refractivity contribution < 1.29 is 9.59 Å². The first-order valence-corrected chi connectivity index (χ1v) is 9.90. The van der Waals surface area contributed by atoms with Crippen molar-refractivity contribution in [3.05, 3.63) is 83.2 Å². The van der Waals surface area contributed by atoms with Gasteiger partial charge in [0, 0.05) is 29.6 Å². The zero-order valence-electron chi connectivity index (χ0n) is 16.6. The van der Waals surface area contributed by atoms with Crippen molar-refractivity contribution in [3.63, 3.8) is 0 Å². The van der Waals surface area contributed by atoms with Gasteiger partial charge in [-0.1, -0.05) is 30.3 Å². The van der Waals surface area contributed by atoms with Gasteiger partial charge in [0.25, 0.3) is 11.8 Å². The predicted molar refractivity (Wildman–Crippen MR) is 119 cm³/mol. The Kier molecular flexibility index (Phi) is 4.39. The van der Waals surface area contributed by atoms with Gasteiger partial charge in [-0.3, -0.25) is 14.6 Å². The van der Waals surface area contributed by atoms with E-state index in [1.165, 1.54) is 18.5 Å². The summed E-state index contributed by atoms with van der Waals surface area (Å²) in [5.41, 5.74) is 17.2. The molecule has 5 rings (SSSR count). The van der Waals surface area contributed by atoms with E-state index >= 15 is 0 Å². The fourth-order valence-corrected chi connectivity index (χ4v) is 4.11. The zero-order chi connectivity index (χ0) is 21.5. The van der Waals surface area contributed by atoms with E-state index in [1.54, 1.807) is 4.90 Å². The van der Waals surface area contributed by atoms with Crippen LogP contribution in [0.1, 0.15) is 27.0 Å². The van der Waals surface area contributed by atoms with Crippen molar-refractivity contribution in [1.82, 2.24) is 10.3 Å². The number of nitrogens with zero attached hydrogens (tertiary/aromatic N) is 3. The van der Waals surface area contributed by atoms with Crippen LogP contribution in [0.15, 0.2) is 65.9 Å². The third-order valence-corrected chi connectivity index (χ3v) is 5.51. The highest BCUT2D eigenvalue weighted by molar-refractivity contribution is 6.21. The Labute approximate surface area is 178 Å². The molecule has 31 heavy (non-hydrogen) atoms. The maximum atomic E-state index is 13.4. The largest absolute Gasteiger partial charge is 0.399 e. The van der Waals surface area contributed by atoms with E-state index in [9.17, 15) is 9.59 Å². The second-order valence-electron chi connectivity index (χ2n) is 7.50. The number of amides is 2.